The van der Waals surface area contributed by atoms with Crippen LogP contribution in [0.5, 0.6) is 23.0 Å². The van der Waals surface area contributed by atoms with Crippen molar-refractivity contribution < 1.29 is 38.0 Å². The van der Waals surface area contributed by atoms with Gasteiger partial charge in [0.15, 0.2) is 34.4 Å². The second-order valence-corrected chi connectivity index (χ2v) is 10.6. The molecule has 238 valence electrons. The molecular formula is C33H36N2O9S. The minimum Gasteiger partial charge on any atom is -0.490 e. The van der Waals surface area contributed by atoms with Gasteiger partial charge in [-0.2, -0.15) is 0 Å². The van der Waals surface area contributed by atoms with Crippen molar-refractivity contribution in [1.82, 2.24) is 4.57 Å². The van der Waals surface area contributed by atoms with E-state index in [9.17, 15) is 14.4 Å². The molecule has 2 heterocycles. The van der Waals surface area contributed by atoms with Gasteiger partial charge in [-0.1, -0.05) is 36.1 Å². The summed E-state index contributed by atoms with van der Waals surface area (Å²) >= 11 is 1.20. The van der Waals surface area contributed by atoms with Crippen molar-refractivity contribution in [3.8, 4) is 23.0 Å². The first kappa shape index (κ1) is 33.1. The number of thiazole rings is 1. The van der Waals surface area contributed by atoms with Gasteiger partial charge < -0.3 is 28.4 Å². The van der Waals surface area contributed by atoms with Crippen molar-refractivity contribution in [2.45, 2.75) is 33.7 Å². The highest BCUT2D eigenvalue weighted by atomic mass is 32.1. The number of carbonyl (C=O) groups is 2. The molecule has 4 rings (SSSR count). The lowest BCUT2D eigenvalue weighted by atomic mass is 9.95. The molecule has 11 nitrogen and oxygen atoms in total. The number of benzene rings is 2. The number of methoxy groups -OCH3 is 1. The standard InChI is InChI=1S/C33H36N2O9S/c1-7-15-43-23-13-11-21(16-25(23)40-8-2)17-27-31(37)35-30(29(32(38)42-10-4)20(5)34-33(35)45-27)22-12-14-24(26(18-22)41-9-3)44-19-28(36)39-6/h7,11-14,16-18,30H,1,8-10,15,19H2,2-6H3/b27-17-/t30-/m1/s1. The first-order valence-electron chi connectivity index (χ1n) is 14.4. The van der Waals surface area contributed by atoms with Gasteiger partial charge in [0.25, 0.3) is 5.56 Å². The van der Waals surface area contributed by atoms with Crippen LogP contribution in [0.25, 0.3) is 6.08 Å². The predicted molar refractivity (Wildman–Crippen MR) is 169 cm³/mol. The highest BCUT2D eigenvalue weighted by molar-refractivity contribution is 7.07. The monoisotopic (exact) mass is 636 g/mol. The van der Waals surface area contributed by atoms with E-state index in [2.05, 4.69) is 16.3 Å². The van der Waals surface area contributed by atoms with Crippen LogP contribution in [-0.2, 0) is 19.1 Å². The third kappa shape index (κ3) is 7.46. The second-order valence-electron chi connectivity index (χ2n) is 9.55. The van der Waals surface area contributed by atoms with Crippen molar-refractivity contribution in [2.75, 3.05) is 40.1 Å². The van der Waals surface area contributed by atoms with E-state index in [-0.39, 0.29) is 24.3 Å². The topological polar surface area (TPSA) is 124 Å². The number of fused-ring (bicyclic) bond motifs is 1. The molecule has 0 saturated heterocycles. The molecule has 45 heavy (non-hydrogen) atoms. The van der Waals surface area contributed by atoms with Crippen molar-refractivity contribution in [3.63, 3.8) is 0 Å². The zero-order valence-corrected chi connectivity index (χ0v) is 26.7. The normalized spacial score (nSPS) is 14.2. The summed E-state index contributed by atoms with van der Waals surface area (Å²) in [5.41, 5.74) is 1.60. The lowest BCUT2D eigenvalue weighted by Crippen LogP contribution is -2.40. The lowest BCUT2D eigenvalue weighted by molar-refractivity contribution is -0.143. The summed E-state index contributed by atoms with van der Waals surface area (Å²) in [6.45, 7) is 11.7. The fourth-order valence-corrected chi connectivity index (χ4v) is 5.73. The predicted octanol–water partition coefficient (Wildman–Crippen LogP) is 3.71. The molecule has 0 saturated carbocycles. The Balaban J connectivity index is 1.87. The van der Waals surface area contributed by atoms with Gasteiger partial charge in [-0.25, -0.2) is 14.6 Å². The van der Waals surface area contributed by atoms with E-state index < -0.39 is 18.0 Å². The van der Waals surface area contributed by atoms with E-state index in [1.54, 1.807) is 56.3 Å². The van der Waals surface area contributed by atoms with Crippen LogP contribution in [0, 0.1) is 0 Å². The molecule has 1 aromatic heterocycles. The van der Waals surface area contributed by atoms with E-state index >= 15 is 0 Å². The van der Waals surface area contributed by atoms with Crippen LogP contribution in [0.4, 0.5) is 0 Å². The van der Waals surface area contributed by atoms with Crippen LogP contribution in [0.3, 0.4) is 0 Å². The summed E-state index contributed by atoms with van der Waals surface area (Å²) in [7, 11) is 1.27. The summed E-state index contributed by atoms with van der Waals surface area (Å²) in [4.78, 5) is 44.1. The van der Waals surface area contributed by atoms with E-state index in [4.69, 9.17) is 23.7 Å². The van der Waals surface area contributed by atoms with Gasteiger partial charge in [0.2, 0.25) is 0 Å². The van der Waals surface area contributed by atoms with Gasteiger partial charge in [-0.05, 0) is 69.2 Å². The Labute approximate surface area is 264 Å². The Kier molecular flexibility index (Phi) is 11.2. The quantitative estimate of drug-likeness (QED) is 0.192. The average molecular weight is 637 g/mol. The fourth-order valence-electron chi connectivity index (χ4n) is 4.69. The van der Waals surface area contributed by atoms with Gasteiger partial charge in [0.05, 0.1) is 48.8 Å². The molecular weight excluding hydrogens is 600 g/mol. The number of carbonyl (C=O) groups excluding carboxylic acids is 2. The third-order valence-corrected chi connectivity index (χ3v) is 7.58. The Morgan fingerprint density at radius 2 is 1.64 bits per heavy atom. The summed E-state index contributed by atoms with van der Waals surface area (Å²) in [6, 6.07) is 9.56. The first-order valence-corrected chi connectivity index (χ1v) is 15.2. The molecule has 0 N–H and O–H groups in total. The molecule has 1 aliphatic heterocycles. The first-order chi connectivity index (χ1) is 21.8. The number of esters is 2. The molecule has 0 spiro atoms. The van der Waals surface area contributed by atoms with E-state index in [0.717, 1.165) is 5.56 Å². The van der Waals surface area contributed by atoms with Gasteiger partial charge in [0.1, 0.15) is 6.61 Å². The second kappa shape index (κ2) is 15.2. The largest absolute Gasteiger partial charge is 0.490 e. The van der Waals surface area contributed by atoms with Gasteiger partial charge in [-0.3, -0.25) is 9.36 Å². The van der Waals surface area contributed by atoms with E-state index in [1.165, 1.54) is 23.0 Å². The SMILES string of the molecule is C=CCOc1ccc(/C=c2\sc3n(c2=O)[C@H](c2ccc(OCC(=O)OC)c(OCC)c2)C(C(=O)OCC)=C(C)N=3)cc1OCC. The molecule has 0 unspecified atom stereocenters. The molecule has 0 amide bonds. The van der Waals surface area contributed by atoms with Crippen molar-refractivity contribution in [3.05, 3.63) is 91.1 Å². The fraction of sp³-hybridized carbons (Fsp3) is 0.333. The van der Waals surface area contributed by atoms with Gasteiger partial charge in [0, 0.05) is 0 Å². The maximum atomic E-state index is 14.1. The van der Waals surface area contributed by atoms with Crippen molar-refractivity contribution in [1.29, 1.82) is 0 Å². The number of aromatic nitrogens is 1. The molecule has 3 aromatic rings. The van der Waals surface area contributed by atoms with Crippen LogP contribution >= 0.6 is 11.3 Å². The van der Waals surface area contributed by atoms with Crippen LogP contribution in [0.1, 0.15) is 44.9 Å². The van der Waals surface area contributed by atoms with Crippen LogP contribution in [0.15, 0.2) is 70.1 Å². The summed E-state index contributed by atoms with van der Waals surface area (Å²) in [5, 5.41) is 0. The third-order valence-electron chi connectivity index (χ3n) is 6.60. The average Bonchev–Trinajstić information content (AvgIpc) is 3.33. The van der Waals surface area contributed by atoms with E-state index in [0.29, 0.717) is 63.4 Å². The van der Waals surface area contributed by atoms with Crippen LogP contribution in [-0.4, -0.2) is 56.6 Å². The summed E-state index contributed by atoms with van der Waals surface area (Å²) in [6.07, 6.45) is 3.40. The van der Waals surface area contributed by atoms with Crippen LogP contribution in [0.2, 0.25) is 0 Å². The smallest absolute Gasteiger partial charge is 0.343 e. The van der Waals surface area contributed by atoms with Crippen molar-refractivity contribution >= 4 is 29.4 Å². The Hall–Kier alpha value is -4.84. The molecule has 2 aromatic carbocycles. The lowest BCUT2D eigenvalue weighted by Gasteiger charge is -2.25. The summed E-state index contributed by atoms with van der Waals surface area (Å²) < 4.78 is 34.9. The summed E-state index contributed by atoms with van der Waals surface area (Å²) in [5.74, 6) is 0.609. The minimum atomic E-state index is -0.870. The number of ether oxygens (including phenoxy) is 6. The number of hydrogen-bond acceptors (Lipinski definition) is 11. The van der Waals surface area contributed by atoms with Crippen LogP contribution < -0.4 is 33.8 Å². The highest BCUT2D eigenvalue weighted by Gasteiger charge is 2.34. The number of nitrogens with zero attached hydrogens (tertiary/aromatic N) is 2. The Morgan fingerprint density at radius 3 is 2.31 bits per heavy atom. The number of rotatable bonds is 14. The molecule has 0 fully saturated rings. The van der Waals surface area contributed by atoms with Gasteiger partial charge in [-0.15, -0.1) is 0 Å². The number of allylic oxidation sites excluding steroid dienone is 1. The Morgan fingerprint density at radius 1 is 0.956 bits per heavy atom. The Bertz CT molecular complexity index is 1790. The van der Waals surface area contributed by atoms with Gasteiger partial charge >= 0.3 is 11.9 Å². The highest BCUT2D eigenvalue weighted by Crippen LogP contribution is 2.36. The van der Waals surface area contributed by atoms with E-state index in [1.807, 2.05) is 19.9 Å². The zero-order chi connectivity index (χ0) is 32.5. The zero-order valence-electron chi connectivity index (χ0n) is 25.9. The molecule has 0 radical (unpaired) electrons. The molecule has 0 aliphatic carbocycles. The maximum Gasteiger partial charge on any atom is 0.343 e. The molecule has 12 heteroatoms. The maximum absolute atomic E-state index is 14.1. The molecule has 1 aliphatic rings. The van der Waals surface area contributed by atoms with Crippen molar-refractivity contribution in [2.24, 2.45) is 4.99 Å². The number of hydrogen-bond donors (Lipinski definition) is 0. The minimum absolute atomic E-state index is 0.145. The molecule has 1 atom stereocenters. The molecule has 0 bridgehead atoms.